The van der Waals surface area contributed by atoms with E-state index in [-0.39, 0.29) is 5.66 Å². The van der Waals surface area contributed by atoms with E-state index >= 15 is 0 Å². The molecule has 2 aromatic rings. The van der Waals surface area contributed by atoms with Gasteiger partial charge >= 0.3 is 7.60 Å². The van der Waals surface area contributed by atoms with Crippen LogP contribution in [0.2, 0.25) is 0 Å². The number of hydrogen-bond donors (Lipinski definition) is 0. The van der Waals surface area contributed by atoms with Gasteiger partial charge in [0.2, 0.25) is 0 Å². The average Bonchev–Trinajstić information content (AvgIpc) is 2.96. The molecule has 0 heterocycles. The second-order valence-electron chi connectivity index (χ2n) is 7.50. The number of benzene rings is 2. The molecule has 0 spiro atoms. The van der Waals surface area contributed by atoms with Crippen molar-refractivity contribution in [1.29, 1.82) is 0 Å². The Bertz CT molecular complexity index is 778. The van der Waals surface area contributed by atoms with Crippen molar-refractivity contribution in [2.24, 2.45) is 0 Å². The number of hydrogen-bond acceptors (Lipinski definition) is 3. The molecule has 1 aliphatic rings. The Labute approximate surface area is 163 Å². The molecule has 0 saturated heterocycles. The van der Waals surface area contributed by atoms with Crippen LogP contribution in [0.5, 0.6) is 0 Å². The summed E-state index contributed by atoms with van der Waals surface area (Å²) in [4.78, 5) is 0. The lowest BCUT2D eigenvalue weighted by molar-refractivity contribution is 0.195. The molecule has 0 unspecified atom stereocenters. The molecule has 2 aromatic carbocycles. The monoisotopic (exact) mass is 386 g/mol. The Balaban J connectivity index is 2.07. The molecule has 146 valence electrons. The van der Waals surface area contributed by atoms with E-state index in [1.807, 2.05) is 0 Å². The first kappa shape index (κ1) is 20.3. The van der Waals surface area contributed by atoms with Crippen molar-refractivity contribution in [1.82, 2.24) is 0 Å². The summed E-state index contributed by atoms with van der Waals surface area (Å²) in [5.41, 5.74) is 6.53. The van der Waals surface area contributed by atoms with E-state index < -0.39 is 7.60 Å². The predicted molar refractivity (Wildman–Crippen MR) is 113 cm³/mol. The van der Waals surface area contributed by atoms with Crippen molar-refractivity contribution in [3.63, 3.8) is 0 Å². The highest BCUT2D eigenvalue weighted by Gasteiger charge is 2.44. The lowest BCUT2D eigenvalue weighted by Crippen LogP contribution is -2.08. The molecule has 0 saturated carbocycles. The van der Waals surface area contributed by atoms with Gasteiger partial charge in [-0.15, -0.1) is 0 Å². The van der Waals surface area contributed by atoms with Crippen molar-refractivity contribution in [3.8, 4) is 11.1 Å². The molecule has 0 amide bonds. The van der Waals surface area contributed by atoms with E-state index in [2.05, 4.69) is 64.1 Å². The van der Waals surface area contributed by atoms with Crippen LogP contribution in [0.1, 0.15) is 67.4 Å². The van der Waals surface area contributed by atoms with Crippen molar-refractivity contribution in [3.05, 3.63) is 58.7 Å². The SMILES string of the molecule is CCCCOP(=O)(OCCCC)C1c2ccc(C)cc2-c2cc(C)ccc21. The molecule has 1 aliphatic carbocycles. The maximum Gasteiger partial charge on any atom is 0.342 e. The van der Waals surface area contributed by atoms with E-state index in [1.165, 1.54) is 11.1 Å². The van der Waals surface area contributed by atoms with Gasteiger partial charge in [-0.1, -0.05) is 74.2 Å². The van der Waals surface area contributed by atoms with Crippen molar-refractivity contribution < 1.29 is 13.6 Å². The summed E-state index contributed by atoms with van der Waals surface area (Å²) < 4.78 is 26.0. The topological polar surface area (TPSA) is 35.5 Å². The van der Waals surface area contributed by atoms with Gasteiger partial charge in [-0.2, -0.15) is 0 Å². The molecule has 27 heavy (non-hydrogen) atoms. The third-order valence-corrected chi connectivity index (χ3v) is 7.43. The van der Waals surface area contributed by atoms with Crippen LogP contribution >= 0.6 is 7.60 Å². The third-order valence-electron chi connectivity index (χ3n) is 5.15. The molecule has 0 aromatic heterocycles. The Kier molecular flexibility index (Phi) is 6.57. The van der Waals surface area contributed by atoms with Gasteiger partial charge in [-0.25, -0.2) is 0 Å². The number of aryl methyl sites for hydroxylation is 2. The quantitative estimate of drug-likeness (QED) is 0.338. The van der Waals surface area contributed by atoms with Crippen molar-refractivity contribution in [2.45, 2.75) is 59.0 Å². The van der Waals surface area contributed by atoms with Crippen LogP contribution in [0.25, 0.3) is 11.1 Å². The predicted octanol–water partition coefficient (Wildman–Crippen LogP) is 7.20. The lowest BCUT2D eigenvalue weighted by Gasteiger charge is -2.26. The molecular formula is C23H31O3P. The van der Waals surface area contributed by atoms with Gasteiger partial charge in [0.15, 0.2) is 0 Å². The largest absolute Gasteiger partial charge is 0.342 e. The minimum absolute atomic E-state index is 0.336. The van der Waals surface area contributed by atoms with Crippen LogP contribution < -0.4 is 0 Å². The van der Waals surface area contributed by atoms with Gasteiger partial charge in [0.25, 0.3) is 0 Å². The Hall–Kier alpha value is -1.41. The summed E-state index contributed by atoms with van der Waals surface area (Å²) >= 11 is 0. The lowest BCUT2D eigenvalue weighted by atomic mass is 10.0. The van der Waals surface area contributed by atoms with E-state index in [0.717, 1.165) is 47.9 Å². The van der Waals surface area contributed by atoms with Crippen LogP contribution in [0.3, 0.4) is 0 Å². The third kappa shape index (κ3) is 4.21. The van der Waals surface area contributed by atoms with Gasteiger partial charge in [0, 0.05) is 0 Å². The Morgan fingerprint density at radius 1 is 0.815 bits per heavy atom. The van der Waals surface area contributed by atoms with Crippen LogP contribution in [-0.2, 0) is 13.6 Å². The molecule has 0 radical (unpaired) electrons. The zero-order valence-electron chi connectivity index (χ0n) is 17.0. The number of unbranched alkanes of at least 4 members (excludes halogenated alkanes) is 2. The van der Waals surface area contributed by atoms with Crippen LogP contribution in [0, 0.1) is 13.8 Å². The molecular weight excluding hydrogens is 355 g/mol. The first-order valence-corrected chi connectivity index (χ1v) is 11.7. The molecule has 4 heteroatoms. The van der Waals surface area contributed by atoms with Crippen molar-refractivity contribution in [2.75, 3.05) is 13.2 Å². The van der Waals surface area contributed by atoms with Crippen molar-refractivity contribution >= 4 is 7.60 Å². The molecule has 0 N–H and O–H groups in total. The van der Waals surface area contributed by atoms with E-state index in [9.17, 15) is 4.57 Å². The minimum Gasteiger partial charge on any atom is -0.308 e. The summed E-state index contributed by atoms with van der Waals surface area (Å²) in [6.07, 6.45) is 3.78. The van der Waals surface area contributed by atoms with Gasteiger partial charge in [-0.3, -0.25) is 4.57 Å². The maximum atomic E-state index is 14.0. The normalized spacial score (nSPS) is 13.6. The average molecular weight is 386 g/mol. The molecule has 0 aliphatic heterocycles. The highest BCUT2D eigenvalue weighted by Crippen LogP contribution is 2.68. The summed E-state index contributed by atoms with van der Waals surface area (Å²) in [6.45, 7) is 9.35. The standard InChI is InChI=1S/C23H31O3P/c1-5-7-13-25-27(24,26-14-8-6-2)23-19-11-9-17(3)15-21(19)22-16-18(4)10-12-20(22)23/h9-12,15-16,23H,5-8,13-14H2,1-4H3. The van der Waals surface area contributed by atoms with Crippen LogP contribution in [-0.4, -0.2) is 13.2 Å². The number of rotatable bonds is 9. The smallest absolute Gasteiger partial charge is 0.308 e. The highest BCUT2D eigenvalue weighted by atomic mass is 31.2. The Morgan fingerprint density at radius 3 is 1.67 bits per heavy atom. The first-order chi connectivity index (χ1) is 13.0. The maximum absolute atomic E-state index is 14.0. The van der Waals surface area contributed by atoms with Gasteiger partial charge < -0.3 is 9.05 Å². The zero-order chi connectivity index (χ0) is 19.4. The molecule has 0 atom stereocenters. The molecule has 3 nitrogen and oxygen atoms in total. The van der Waals surface area contributed by atoms with E-state index in [1.54, 1.807) is 0 Å². The summed E-state index contributed by atoms with van der Waals surface area (Å²) in [6, 6.07) is 12.8. The summed E-state index contributed by atoms with van der Waals surface area (Å²) in [7, 11) is -3.32. The summed E-state index contributed by atoms with van der Waals surface area (Å²) in [5, 5.41) is 0. The zero-order valence-corrected chi connectivity index (χ0v) is 17.9. The van der Waals surface area contributed by atoms with Gasteiger partial charge in [0.1, 0.15) is 5.66 Å². The van der Waals surface area contributed by atoms with E-state index in [0.29, 0.717) is 13.2 Å². The van der Waals surface area contributed by atoms with Crippen LogP contribution in [0.15, 0.2) is 36.4 Å². The molecule has 3 rings (SSSR count). The number of fused-ring (bicyclic) bond motifs is 3. The fourth-order valence-corrected chi connectivity index (χ4v) is 5.92. The molecule has 0 bridgehead atoms. The Morgan fingerprint density at radius 2 is 1.26 bits per heavy atom. The second kappa shape index (κ2) is 8.73. The molecule has 0 fully saturated rings. The first-order valence-electron chi connectivity index (χ1n) is 10.1. The highest BCUT2D eigenvalue weighted by molar-refractivity contribution is 7.54. The fraction of sp³-hybridized carbons (Fsp3) is 0.478. The summed E-state index contributed by atoms with van der Waals surface area (Å²) in [5.74, 6) is 0. The minimum atomic E-state index is -3.32. The fourth-order valence-electron chi connectivity index (χ4n) is 3.65. The van der Waals surface area contributed by atoms with E-state index in [4.69, 9.17) is 9.05 Å². The van der Waals surface area contributed by atoms with Gasteiger partial charge in [-0.05, 0) is 48.9 Å². The van der Waals surface area contributed by atoms with Gasteiger partial charge in [0.05, 0.1) is 13.2 Å². The van der Waals surface area contributed by atoms with Crippen LogP contribution in [0.4, 0.5) is 0 Å². The second-order valence-corrected chi connectivity index (χ2v) is 9.61.